The number of rotatable bonds is 7. The number of benzene rings is 1. The van der Waals surface area contributed by atoms with E-state index < -0.39 is 0 Å². The molecule has 1 aliphatic rings. The maximum Gasteiger partial charge on any atom is 0.191 e. The maximum absolute atomic E-state index is 6.05. The molecule has 1 aliphatic heterocycles. The van der Waals surface area contributed by atoms with Crippen LogP contribution in [0.5, 0.6) is 0 Å². The van der Waals surface area contributed by atoms with Crippen LogP contribution in [-0.4, -0.2) is 75.2 Å². The summed E-state index contributed by atoms with van der Waals surface area (Å²) in [5.74, 6) is 1.47. The fourth-order valence-corrected chi connectivity index (χ4v) is 3.59. The number of halogens is 1. The highest BCUT2D eigenvalue weighted by molar-refractivity contribution is 6.30. The quantitative estimate of drug-likeness (QED) is 0.563. The molecule has 5 nitrogen and oxygen atoms in total. The largest absolute Gasteiger partial charge is 0.356 e. The highest BCUT2D eigenvalue weighted by atomic mass is 35.5. The molecule has 0 amide bonds. The third kappa shape index (κ3) is 6.78. The van der Waals surface area contributed by atoms with E-state index in [1.54, 1.807) is 0 Å². The molecule has 1 saturated heterocycles. The van der Waals surface area contributed by atoms with Crippen molar-refractivity contribution in [2.45, 2.75) is 26.3 Å². The lowest BCUT2D eigenvalue weighted by atomic mass is 10.0. The second-order valence-corrected chi connectivity index (χ2v) is 7.85. The van der Waals surface area contributed by atoms with Gasteiger partial charge in [0.15, 0.2) is 5.96 Å². The van der Waals surface area contributed by atoms with Gasteiger partial charge in [0.2, 0.25) is 0 Å². The minimum Gasteiger partial charge on any atom is -0.356 e. The van der Waals surface area contributed by atoms with Gasteiger partial charge in [0.05, 0.1) is 0 Å². The molecule has 26 heavy (non-hydrogen) atoms. The summed E-state index contributed by atoms with van der Waals surface area (Å²) in [4.78, 5) is 9.38. The predicted molar refractivity (Wildman–Crippen MR) is 112 cm³/mol. The Morgan fingerprint density at radius 1 is 1.19 bits per heavy atom. The number of guanidine groups is 1. The van der Waals surface area contributed by atoms with Crippen molar-refractivity contribution in [2.75, 3.05) is 53.4 Å². The predicted octanol–water partition coefficient (Wildman–Crippen LogP) is 2.32. The number of nitrogens with one attached hydrogen (secondary N) is 2. The maximum atomic E-state index is 6.05. The summed E-state index contributed by atoms with van der Waals surface area (Å²) in [7, 11) is 4.03. The molecule has 1 unspecified atom stereocenters. The summed E-state index contributed by atoms with van der Waals surface area (Å²) >= 11 is 6.05. The van der Waals surface area contributed by atoms with Gasteiger partial charge < -0.3 is 15.5 Å². The van der Waals surface area contributed by atoms with E-state index in [9.17, 15) is 0 Å². The first-order valence-corrected chi connectivity index (χ1v) is 9.99. The molecule has 0 saturated carbocycles. The van der Waals surface area contributed by atoms with Crippen LogP contribution in [0.4, 0.5) is 0 Å². The van der Waals surface area contributed by atoms with Gasteiger partial charge in [0.25, 0.3) is 0 Å². The SMILES string of the molecule is CN=C(NCCc1cccc(Cl)c1)NCC(C(C)C)N1CCN(C)CC1. The van der Waals surface area contributed by atoms with E-state index in [0.29, 0.717) is 12.0 Å². The number of likely N-dealkylation sites (N-methyl/N-ethyl adjacent to an activating group) is 1. The molecule has 1 aromatic carbocycles. The average molecular weight is 380 g/mol. The van der Waals surface area contributed by atoms with Crippen molar-refractivity contribution < 1.29 is 0 Å². The zero-order chi connectivity index (χ0) is 18.9. The molecular formula is C20H34ClN5. The zero-order valence-electron chi connectivity index (χ0n) is 16.6. The monoisotopic (exact) mass is 379 g/mol. The first kappa shape index (κ1) is 21.0. The van der Waals surface area contributed by atoms with Crippen molar-refractivity contribution in [3.63, 3.8) is 0 Å². The van der Waals surface area contributed by atoms with Crippen LogP contribution >= 0.6 is 11.6 Å². The van der Waals surface area contributed by atoms with Gasteiger partial charge in [-0.15, -0.1) is 0 Å². The van der Waals surface area contributed by atoms with Crippen LogP contribution in [0.1, 0.15) is 19.4 Å². The number of hydrogen-bond acceptors (Lipinski definition) is 3. The highest BCUT2D eigenvalue weighted by Gasteiger charge is 2.24. The van der Waals surface area contributed by atoms with Crippen molar-refractivity contribution >= 4 is 17.6 Å². The summed E-state index contributed by atoms with van der Waals surface area (Å²) in [5.41, 5.74) is 1.23. The van der Waals surface area contributed by atoms with E-state index in [2.05, 4.69) is 52.4 Å². The number of piperazine rings is 1. The van der Waals surface area contributed by atoms with Crippen LogP contribution in [0.2, 0.25) is 5.02 Å². The Labute approximate surface area is 163 Å². The van der Waals surface area contributed by atoms with Gasteiger partial charge in [-0.05, 0) is 37.1 Å². The molecule has 1 heterocycles. The smallest absolute Gasteiger partial charge is 0.191 e. The van der Waals surface area contributed by atoms with Crippen LogP contribution in [0.15, 0.2) is 29.3 Å². The van der Waals surface area contributed by atoms with Crippen LogP contribution in [0.25, 0.3) is 0 Å². The standard InChI is InChI=1S/C20H34ClN5/c1-16(2)19(26-12-10-25(4)11-13-26)15-24-20(22-3)23-9-8-17-6-5-7-18(21)14-17/h5-7,14,16,19H,8-13,15H2,1-4H3,(H2,22,23,24). The Hall–Kier alpha value is -1.30. The molecule has 0 radical (unpaired) electrons. The zero-order valence-corrected chi connectivity index (χ0v) is 17.4. The number of hydrogen-bond donors (Lipinski definition) is 2. The Morgan fingerprint density at radius 3 is 2.54 bits per heavy atom. The van der Waals surface area contributed by atoms with E-state index in [0.717, 1.165) is 56.7 Å². The number of aliphatic imine (C=N–C) groups is 1. The van der Waals surface area contributed by atoms with E-state index in [1.807, 2.05) is 25.2 Å². The van der Waals surface area contributed by atoms with Crippen molar-refractivity contribution in [3.8, 4) is 0 Å². The minimum atomic E-state index is 0.523. The molecule has 1 atom stereocenters. The van der Waals surface area contributed by atoms with Gasteiger partial charge in [-0.3, -0.25) is 9.89 Å². The molecule has 1 aromatic rings. The minimum absolute atomic E-state index is 0.523. The Bertz CT molecular complexity index is 567. The van der Waals surface area contributed by atoms with Gasteiger partial charge in [-0.25, -0.2) is 0 Å². The molecule has 146 valence electrons. The first-order chi connectivity index (χ1) is 12.5. The fourth-order valence-electron chi connectivity index (χ4n) is 3.38. The van der Waals surface area contributed by atoms with Crippen molar-refractivity contribution in [3.05, 3.63) is 34.9 Å². The molecule has 0 spiro atoms. The second kappa shape index (κ2) is 10.8. The third-order valence-corrected chi connectivity index (χ3v) is 5.31. The summed E-state index contributed by atoms with van der Waals surface area (Å²) < 4.78 is 0. The molecule has 2 N–H and O–H groups in total. The Kier molecular flexibility index (Phi) is 8.69. The molecular weight excluding hydrogens is 346 g/mol. The lowest BCUT2D eigenvalue weighted by Gasteiger charge is -2.40. The third-order valence-electron chi connectivity index (χ3n) is 5.07. The first-order valence-electron chi connectivity index (χ1n) is 9.61. The summed E-state index contributed by atoms with van der Waals surface area (Å²) in [6.45, 7) is 10.9. The normalized spacial score (nSPS) is 18.2. The molecule has 0 aromatic heterocycles. The van der Waals surface area contributed by atoms with Crippen molar-refractivity contribution in [1.29, 1.82) is 0 Å². The van der Waals surface area contributed by atoms with Gasteiger partial charge in [-0.2, -0.15) is 0 Å². The Balaban J connectivity index is 1.78. The molecule has 6 heteroatoms. The highest BCUT2D eigenvalue weighted by Crippen LogP contribution is 2.13. The van der Waals surface area contributed by atoms with Gasteiger partial charge in [0, 0.05) is 57.4 Å². The van der Waals surface area contributed by atoms with E-state index >= 15 is 0 Å². The van der Waals surface area contributed by atoms with Gasteiger partial charge >= 0.3 is 0 Å². The fraction of sp³-hybridized carbons (Fsp3) is 0.650. The summed E-state index contributed by atoms with van der Waals surface area (Å²) in [6.07, 6.45) is 0.924. The van der Waals surface area contributed by atoms with E-state index in [4.69, 9.17) is 11.6 Å². The van der Waals surface area contributed by atoms with Crippen molar-refractivity contribution in [1.82, 2.24) is 20.4 Å². The van der Waals surface area contributed by atoms with E-state index in [-0.39, 0.29) is 0 Å². The van der Waals surface area contributed by atoms with Crippen LogP contribution in [-0.2, 0) is 6.42 Å². The molecule has 0 aliphatic carbocycles. The summed E-state index contributed by atoms with van der Waals surface area (Å²) in [6, 6.07) is 8.54. The molecule has 1 fully saturated rings. The Morgan fingerprint density at radius 2 is 1.92 bits per heavy atom. The lowest BCUT2D eigenvalue weighted by molar-refractivity contribution is 0.0900. The topological polar surface area (TPSA) is 42.9 Å². The van der Waals surface area contributed by atoms with Gasteiger partial charge in [0.1, 0.15) is 0 Å². The second-order valence-electron chi connectivity index (χ2n) is 7.41. The van der Waals surface area contributed by atoms with Crippen LogP contribution in [0, 0.1) is 5.92 Å². The van der Waals surface area contributed by atoms with Crippen LogP contribution in [0.3, 0.4) is 0 Å². The molecule has 2 rings (SSSR count). The number of nitrogens with zero attached hydrogens (tertiary/aromatic N) is 3. The van der Waals surface area contributed by atoms with Crippen molar-refractivity contribution in [2.24, 2.45) is 10.9 Å². The van der Waals surface area contributed by atoms with E-state index in [1.165, 1.54) is 5.56 Å². The molecule has 0 bridgehead atoms. The lowest BCUT2D eigenvalue weighted by Crippen LogP contribution is -2.55. The van der Waals surface area contributed by atoms with Crippen LogP contribution < -0.4 is 10.6 Å². The average Bonchev–Trinajstić information content (AvgIpc) is 2.61. The summed E-state index contributed by atoms with van der Waals surface area (Å²) in [5, 5.41) is 7.71. The van der Waals surface area contributed by atoms with Gasteiger partial charge in [-0.1, -0.05) is 37.6 Å².